The van der Waals surface area contributed by atoms with Gasteiger partial charge in [-0.2, -0.15) is 0 Å². The first-order chi connectivity index (χ1) is 7.08. The Morgan fingerprint density at radius 2 is 1.67 bits per heavy atom. The maximum Gasteiger partial charge on any atom is 0.532 e. The van der Waals surface area contributed by atoms with E-state index in [0.717, 1.165) is 6.42 Å². The SMILES string of the molecule is CCCCC(=O)OP(=O)(OCC)OCC. The molecule has 0 aromatic rings. The van der Waals surface area contributed by atoms with Crippen molar-refractivity contribution in [3.05, 3.63) is 0 Å². The molecular weight excluding hydrogens is 219 g/mol. The van der Waals surface area contributed by atoms with Crippen molar-refractivity contribution in [2.45, 2.75) is 40.0 Å². The highest BCUT2D eigenvalue weighted by Gasteiger charge is 2.29. The van der Waals surface area contributed by atoms with Crippen molar-refractivity contribution >= 4 is 13.8 Å². The molecule has 0 bridgehead atoms. The minimum atomic E-state index is -3.67. The predicted octanol–water partition coefficient (Wildman–Crippen LogP) is 2.90. The molecule has 0 atom stereocenters. The molecule has 0 unspecified atom stereocenters. The molecule has 6 heteroatoms. The summed E-state index contributed by atoms with van der Waals surface area (Å²) in [6, 6.07) is 0. The summed E-state index contributed by atoms with van der Waals surface area (Å²) in [7, 11) is -3.67. The molecule has 0 saturated carbocycles. The zero-order valence-corrected chi connectivity index (χ0v) is 10.4. The Kier molecular flexibility index (Phi) is 7.65. The van der Waals surface area contributed by atoms with Gasteiger partial charge < -0.3 is 4.52 Å². The van der Waals surface area contributed by atoms with Crippen LogP contribution in [-0.2, 0) is 22.9 Å². The summed E-state index contributed by atoms with van der Waals surface area (Å²) in [5.41, 5.74) is 0. The van der Waals surface area contributed by atoms with Crippen LogP contribution < -0.4 is 0 Å². The minimum absolute atomic E-state index is 0.179. The lowest BCUT2D eigenvalue weighted by Crippen LogP contribution is -2.07. The molecular formula is C9H19O5P. The van der Waals surface area contributed by atoms with Crippen LogP contribution in [0.25, 0.3) is 0 Å². The highest BCUT2D eigenvalue weighted by atomic mass is 31.2. The van der Waals surface area contributed by atoms with Crippen molar-refractivity contribution < 1.29 is 22.9 Å². The number of carbonyl (C=O) groups is 1. The largest absolute Gasteiger partial charge is 0.532 e. The third-order valence-electron chi connectivity index (χ3n) is 1.52. The van der Waals surface area contributed by atoms with Crippen LogP contribution in [0.2, 0.25) is 0 Å². The summed E-state index contributed by atoms with van der Waals surface area (Å²) in [6.45, 7) is 5.63. The standard InChI is InChI=1S/C9H19O5P/c1-4-7-8-9(10)14-15(11,12-5-2)13-6-3/h4-8H2,1-3H3. The molecule has 90 valence electrons. The van der Waals surface area contributed by atoms with Crippen molar-refractivity contribution in [3.63, 3.8) is 0 Å². The van der Waals surface area contributed by atoms with Crippen molar-refractivity contribution in [3.8, 4) is 0 Å². The summed E-state index contributed by atoms with van der Waals surface area (Å²) < 4.78 is 26.0. The van der Waals surface area contributed by atoms with Gasteiger partial charge >= 0.3 is 13.8 Å². The molecule has 0 spiro atoms. The number of hydrogen-bond donors (Lipinski definition) is 0. The van der Waals surface area contributed by atoms with E-state index in [4.69, 9.17) is 13.6 Å². The molecule has 0 saturated heterocycles. The first-order valence-corrected chi connectivity index (χ1v) is 6.65. The first-order valence-electron chi connectivity index (χ1n) is 5.19. The Balaban J connectivity index is 4.15. The van der Waals surface area contributed by atoms with E-state index < -0.39 is 13.8 Å². The molecule has 0 aliphatic rings. The van der Waals surface area contributed by atoms with Crippen LogP contribution in [-0.4, -0.2) is 19.2 Å². The molecule has 0 fully saturated rings. The molecule has 0 N–H and O–H groups in total. The van der Waals surface area contributed by atoms with E-state index in [1.807, 2.05) is 6.92 Å². The normalized spacial score (nSPS) is 11.4. The Bertz CT molecular complexity index is 219. The molecule has 0 aromatic heterocycles. The van der Waals surface area contributed by atoms with E-state index in [9.17, 15) is 9.36 Å². The van der Waals surface area contributed by atoms with Crippen molar-refractivity contribution in [2.75, 3.05) is 13.2 Å². The van der Waals surface area contributed by atoms with Gasteiger partial charge in [-0.3, -0.25) is 13.8 Å². The van der Waals surface area contributed by atoms with Crippen LogP contribution in [0, 0.1) is 0 Å². The number of unbranched alkanes of at least 4 members (excludes halogenated alkanes) is 1. The van der Waals surface area contributed by atoms with Gasteiger partial charge in [0.1, 0.15) is 0 Å². The third kappa shape index (κ3) is 6.66. The Morgan fingerprint density at radius 3 is 2.07 bits per heavy atom. The lowest BCUT2D eigenvalue weighted by atomic mass is 10.3. The second-order valence-electron chi connectivity index (χ2n) is 2.85. The van der Waals surface area contributed by atoms with Crippen LogP contribution in [0.1, 0.15) is 40.0 Å². The summed E-state index contributed by atoms with van der Waals surface area (Å²) in [5, 5.41) is 0. The smallest absolute Gasteiger partial charge is 0.370 e. The highest BCUT2D eigenvalue weighted by molar-refractivity contribution is 7.49. The molecule has 0 aromatic carbocycles. The van der Waals surface area contributed by atoms with E-state index in [0.29, 0.717) is 6.42 Å². The maximum absolute atomic E-state index is 11.7. The molecule has 0 heterocycles. The minimum Gasteiger partial charge on any atom is -0.370 e. The summed E-state index contributed by atoms with van der Waals surface area (Å²) in [6.07, 6.45) is 1.82. The average molecular weight is 238 g/mol. The second kappa shape index (κ2) is 7.85. The number of phosphoric acid groups is 1. The van der Waals surface area contributed by atoms with E-state index in [1.165, 1.54) is 0 Å². The maximum atomic E-state index is 11.7. The summed E-state index contributed by atoms with van der Waals surface area (Å²) >= 11 is 0. The number of phosphoric ester groups is 1. The van der Waals surface area contributed by atoms with Gasteiger partial charge in [0, 0.05) is 6.42 Å². The molecule has 0 rings (SSSR count). The van der Waals surface area contributed by atoms with Crippen LogP contribution in [0.5, 0.6) is 0 Å². The van der Waals surface area contributed by atoms with E-state index in [2.05, 4.69) is 0 Å². The van der Waals surface area contributed by atoms with E-state index in [1.54, 1.807) is 13.8 Å². The monoisotopic (exact) mass is 238 g/mol. The van der Waals surface area contributed by atoms with Crippen molar-refractivity contribution in [1.29, 1.82) is 0 Å². The molecule has 5 nitrogen and oxygen atoms in total. The summed E-state index contributed by atoms with van der Waals surface area (Å²) in [5.74, 6) is -0.540. The number of rotatable bonds is 8. The quantitative estimate of drug-likeness (QED) is 0.608. The number of hydrogen-bond acceptors (Lipinski definition) is 5. The van der Waals surface area contributed by atoms with Crippen LogP contribution >= 0.6 is 7.82 Å². The molecule has 0 amide bonds. The molecule has 0 aliphatic heterocycles. The zero-order chi connectivity index (χ0) is 11.7. The highest BCUT2D eigenvalue weighted by Crippen LogP contribution is 2.49. The lowest BCUT2D eigenvalue weighted by Gasteiger charge is -2.15. The van der Waals surface area contributed by atoms with Gasteiger partial charge in [-0.15, -0.1) is 0 Å². The van der Waals surface area contributed by atoms with Gasteiger partial charge in [-0.1, -0.05) is 13.3 Å². The van der Waals surface area contributed by atoms with Gasteiger partial charge in [-0.05, 0) is 20.3 Å². The Hall–Kier alpha value is -0.380. The van der Waals surface area contributed by atoms with Crippen molar-refractivity contribution in [1.82, 2.24) is 0 Å². The van der Waals surface area contributed by atoms with E-state index in [-0.39, 0.29) is 19.6 Å². The first kappa shape index (κ1) is 14.6. The second-order valence-corrected chi connectivity index (χ2v) is 4.44. The van der Waals surface area contributed by atoms with Crippen LogP contribution in [0.15, 0.2) is 0 Å². The summed E-state index contributed by atoms with van der Waals surface area (Å²) in [4.78, 5) is 11.2. The average Bonchev–Trinajstić information content (AvgIpc) is 2.15. The lowest BCUT2D eigenvalue weighted by molar-refractivity contribution is -0.136. The molecule has 0 aliphatic carbocycles. The van der Waals surface area contributed by atoms with E-state index >= 15 is 0 Å². The fourth-order valence-electron chi connectivity index (χ4n) is 0.898. The zero-order valence-electron chi connectivity index (χ0n) is 9.52. The fourth-order valence-corrected chi connectivity index (χ4v) is 2.05. The van der Waals surface area contributed by atoms with Gasteiger partial charge in [0.15, 0.2) is 0 Å². The topological polar surface area (TPSA) is 61.8 Å². The van der Waals surface area contributed by atoms with Crippen LogP contribution in [0.3, 0.4) is 0 Å². The molecule has 0 radical (unpaired) electrons. The van der Waals surface area contributed by atoms with Crippen LogP contribution in [0.4, 0.5) is 0 Å². The number of carbonyl (C=O) groups excluding carboxylic acids is 1. The van der Waals surface area contributed by atoms with Gasteiger partial charge in [0.05, 0.1) is 13.2 Å². The Labute approximate surface area is 90.7 Å². The van der Waals surface area contributed by atoms with Crippen molar-refractivity contribution in [2.24, 2.45) is 0 Å². The molecule has 15 heavy (non-hydrogen) atoms. The predicted molar refractivity (Wildman–Crippen MR) is 56.5 cm³/mol. The third-order valence-corrected chi connectivity index (χ3v) is 3.10. The van der Waals surface area contributed by atoms with Gasteiger partial charge in [-0.25, -0.2) is 4.57 Å². The Morgan fingerprint density at radius 1 is 1.13 bits per heavy atom. The van der Waals surface area contributed by atoms with Gasteiger partial charge in [0.2, 0.25) is 0 Å². The fraction of sp³-hybridized carbons (Fsp3) is 0.889. The van der Waals surface area contributed by atoms with Gasteiger partial charge in [0.25, 0.3) is 0 Å².